The number of hydrogen-bond acceptors (Lipinski definition) is 29. The Morgan fingerprint density at radius 3 is 1.19 bits per heavy atom. The molecule has 18 radical (unpaired) electrons. The van der Waals surface area contributed by atoms with Crippen molar-refractivity contribution in [2.45, 2.75) is 221 Å². The molecule has 0 aromatic heterocycles. The van der Waals surface area contributed by atoms with E-state index in [4.69, 9.17) is 63.5 Å². The summed E-state index contributed by atoms with van der Waals surface area (Å²) in [7, 11) is 32.2. The molecule has 15 heterocycles. The van der Waals surface area contributed by atoms with Gasteiger partial charge < -0.3 is 80.0 Å². The standard InChI is InChI=1S/C20H26F3N3O2.C19H28N2O.C14H23BF3N3O3.C13H25BN2O2.C13H20F3N3O2.C8H7N.C2HBO2.CH2O3.CO2.CH4O.B4.B3.B2.B.ClH.2K.H/c21-20(22,23)19(27)26-11-10-25(12-15-6-2-1-3-7-15)17-14-28-13-16(18(17)26)24-8-4-5-9-24;1-2-7-16(8-3-1)13-21-12-6-9-17-18(14-22-15-19(17)21)20-10-4-5-11-20;1-15(23)21-7-6-20(13(22)14(16,17)18)12-10(8-24-9-11(12)21)19-4-2-3-5-19;1-14(17)16-8-4-5-11-12(9-18-10-13(11)16)15-6-2-3-7-15;14-13(15,16)12(20)19-6-3-17-9-7-21-8-10(11(9)19)18-4-1-2-5-18;1-7-3-2-4-8(5-7)6-9;4-2-1-3-5;2-1-4-3;2-1-3;1-2;1-4(2)3;1-3-2;1-2;;;;;/h1-3,6-7,16-18H,4-5,8-14H2;1-3,7-8,17-19H,4-6,9-15H2;10-12,23H,2-9H2,1H3;11-13,17H,2-10H2,1H3;9-11,17H,1-8H2;2-5H,1H3;4H;1,3H;;2H,1H3;;;;;1H;;;/q;;;;;;;;;;;;;;;2*+1;-1/p-1/t16-,17+,18+;17-,18+,19-;10-,11+,12+;11-,12+,13-;9-,10+,11+;;;;;;;;;;;;;/m01011............./s1. The molecule has 0 unspecified atom stereocenters. The Kier molecular flexibility index (Phi) is 72.6. The van der Waals surface area contributed by atoms with Crippen LogP contribution in [-0.2, 0) is 75.1 Å². The SMILES string of the molecule is CB(O)N1CCC[C@H]2[C@H]1COC[C@@H]2N1CCCC1.CB(O)N1CCN(C(=O)C(F)(F)F)[C@H]2[C@H]1COC[C@@H]2N1CCCC1.CO.Cc1cccc(C#N)c1.Cl.O=BC#CO.O=C(N1CCN(Cc2ccccc2)[C@@H]2COC[C@H](N3CCCC3)[C@H]21)C(F)(F)F.O=C(N1CCN[C@@H]2COC[C@H](N3CCCC3)[C@H]21)C(F)(F)F.O=C=O.O=CO[O-].[B].[B]B([B])[B].[B][B].[B][B][B].[H-].[K+].[K+].c1ccc(CN2CCC[C@H]3[C@H]2COC[C@@H]3N2CCCC2)cc1. The molecule has 15 aliphatic rings. The van der Waals surface area contributed by atoms with Gasteiger partial charge in [0.2, 0.25) is 0 Å². The molecule has 3 aromatic rings. The van der Waals surface area contributed by atoms with Crippen LogP contribution in [0.2, 0.25) is 13.6 Å². The molecular weight excluding hydrogens is 2010 g/mol. The molecule has 3 amide bonds. The van der Waals surface area contributed by atoms with Crippen molar-refractivity contribution < 1.29 is 231 Å². The van der Waals surface area contributed by atoms with Gasteiger partial charge in [0.15, 0.2) is 0 Å². The van der Waals surface area contributed by atoms with Crippen molar-refractivity contribution in [3.05, 3.63) is 107 Å². The minimum Gasteiger partial charge on any atom is -1.00 e. The quantitative estimate of drug-likeness (QED) is 0.0284. The first kappa shape index (κ1) is 142. The van der Waals surface area contributed by atoms with E-state index < -0.39 is 73.9 Å². The topological polar surface area (TPSA) is 354 Å². The number of halogens is 10. The van der Waals surface area contributed by atoms with E-state index in [1.54, 1.807) is 23.5 Å². The number of nitrogens with one attached hydrogen (secondary N) is 1. The van der Waals surface area contributed by atoms with Crippen LogP contribution < -0.4 is 113 Å². The van der Waals surface area contributed by atoms with Gasteiger partial charge in [-0.15, -0.1) is 12.4 Å². The Hall–Kier alpha value is -3.41. The number of alkyl halides is 9. The summed E-state index contributed by atoms with van der Waals surface area (Å²) in [5.74, 6) is -1.98. The van der Waals surface area contributed by atoms with Crippen molar-refractivity contribution in [2.24, 2.45) is 11.8 Å². The number of nitrogens with zero attached hydrogens (tertiary/aromatic N) is 13. The van der Waals surface area contributed by atoms with E-state index in [9.17, 15) is 63.9 Å². The maximum Gasteiger partial charge on any atom is 1.00 e. The Morgan fingerprint density at radius 1 is 0.503 bits per heavy atom. The van der Waals surface area contributed by atoms with Crippen molar-refractivity contribution in [3.8, 4) is 18.0 Å². The molecule has 5 N–H and O–H groups in total. The number of aliphatic hydroxyl groups is 2. The van der Waals surface area contributed by atoms with Crippen LogP contribution in [0.15, 0.2) is 84.9 Å². The molecule has 0 aliphatic carbocycles. The number of fused-ring (bicyclic) bond motifs is 5. The third kappa shape index (κ3) is 45.4. The molecule has 18 rings (SSSR count). The summed E-state index contributed by atoms with van der Waals surface area (Å²) in [6.45, 7) is 26.1. The fraction of sp³-hybridized carbons (Fsp3) is 0.717. The molecule has 15 aliphatic heterocycles. The summed E-state index contributed by atoms with van der Waals surface area (Å²) in [6.07, 6.45) is 3.31. The number of carbonyl (C=O) groups excluding carboxylic acids is 6. The Balaban J connectivity index is 0.000000869. The smallest absolute Gasteiger partial charge is 1.00 e. The molecule has 57 heteroatoms. The number of piperazine rings is 3. The van der Waals surface area contributed by atoms with Gasteiger partial charge in [-0.1, -0.05) is 72.8 Å². The second kappa shape index (κ2) is 76.4. The maximum atomic E-state index is 13.3. The van der Waals surface area contributed by atoms with Gasteiger partial charge in [-0.25, -0.2) is 0 Å². The Labute approximate surface area is 979 Å². The third-order valence-corrected chi connectivity index (χ3v) is 28.3. The molecule has 0 saturated carbocycles. The molecular formula is C92H137B13ClF9K2N14O18. The first-order chi connectivity index (χ1) is 69.6. The summed E-state index contributed by atoms with van der Waals surface area (Å²) >= 11 is 0. The number of amides is 3. The second-order valence-corrected chi connectivity index (χ2v) is 37.2. The number of aryl methyl sites for hydroxylation is 1. The van der Waals surface area contributed by atoms with E-state index >= 15 is 0 Å². The minimum absolute atomic E-state index is 0. The molecule has 0 bridgehead atoms. The van der Waals surface area contributed by atoms with Crippen molar-refractivity contribution in [3.63, 3.8) is 0 Å². The van der Waals surface area contributed by atoms with Crippen LogP contribution in [0, 0.1) is 42.0 Å². The van der Waals surface area contributed by atoms with Crippen LogP contribution in [-0.4, -0.2) is 495 Å². The van der Waals surface area contributed by atoms with Gasteiger partial charge in [0.05, 0.1) is 126 Å². The third-order valence-electron chi connectivity index (χ3n) is 28.3. The first-order valence-electron chi connectivity index (χ1n) is 49.6. The normalized spacial score (nSPS) is 26.5. The average Bonchev–Trinajstić information content (AvgIpc) is 0.880. The minimum atomic E-state index is -4.88. The molecule has 32 nitrogen and oxygen atoms in total. The zero-order chi connectivity index (χ0) is 107. The molecule has 15 fully saturated rings. The van der Waals surface area contributed by atoms with Gasteiger partial charge in [-0.05, 0) is 230 Å². The van der Waals surface area contributed by atoms with E-state index in [0.717, 1.165) is 169 Å². The van der Waals surface area contributed by atoms with Gasteiger partial charge in [0.1, 0.15) is 0 Å². The number of rotatable bonds is 12. The van der Waals surface area contributed by atoms with Crippen LogP contribution in [0.4, 0.5) is 39.5 Å². The average molecular weight is 2150 g/mol. The molecule has 149 heavy (non-hydrogen) atoms. The predicted octanol–water partition coefficient (Wildman–Crippen LogP) is -4.81. The Morgan fingerprint density at radius 2 is 0.826 bits per heavy atom. The number of hydrogen-bond donors (Lipinski definition) is 5. The van der Waals surface area contributed by atoms with Crippen molar-refractivity contribution in [2.75, 3.05) is 191 Å². The van der Waals surface area contributed by atoms with E-state index in [1.807, 2.05) is 62.3 Å². The van der Waals surface area contributed by atoms with Crippen LogP contribution in [0.25, 0.3) is 0 Å². The molecule has 3 aromatic carbocycles. The molecule has 15 saturated heterocycles. The van der Waals surface area contributed by atoms with Crippen LogP contribution in [0.5, 0.6) is 0 Å². The van der Waals surface area contributed by atoms with E-state index in [0.29, 0.717) is 89.9 Å². The number of aliphatic hydroxyl groups excluding tert-OH is 2. The Bertz CT molecular complexity index is 4320. The summed E-state index contributed by atoms with van der Waals surface area (Å²) in [5.41, 5.74) is 4.41. The zero-order valence-electron chi connectivity index (χ0n) is 87.6. The zero-order valence-corrected chi connectivity index (χ0v) is 93.6. The summed E-state index contributed by atoms with van der Waals surface area (Å²) < 4.78 is 156. The van der Waals surface area contributed by atoms with Crippen LogP contribution in [0.1, 0.15) is 114 Å². The van der Waals surface area contributed by atoms with Gasteiger partial charge >= 0.3 is 188 Å². The largest absolute Gasteiger partial charge is 1.00 e. The second-order valence-electron chi connectivity index (χ2n) is 37.2. The van der Waals surface area contributed by atoms with Crippen LogP contribution >= 0.6 is 12.4 Å². The van der Waals surface area contributed by atoms with Crippen molar-refractivity contribution >= 4 is 140 Å². The number of carbonyl (C=O) groups is 4. The van der Waals surface area contributed by atoms with Crippen molar-refractivity contribution in [1.82, 2.24) is 63.9 Å². The molecule has 15 atom stereocenters. The number of piperidine rings is 2. The van der Waals surface area contributed by atoms with Crippen LogP contribution in [0.3, 0.4) is 0 Å². The molecule has 794 valence electrons. The number of nitriles is 1. The van der Waals surface area contributed by atoms with E-state index in [2.05, 4.69) is 140 Å². The monoisotopic (exact) mass is 2150 g/mol. The van der Waals surface area contributed by atoms with Crippen molar-refractivity contribution in [1.29, 1.82) is 5.26 Å². The number of ether oxygens (including phenoxy) is 5. The summed E-state index contributed by atoms with van der Waals surface area (Å²) in [6, 6.07) is 29.7. The van der Waals surface area contributed by atoms with Gasteiger partial charge in [0, 0.05) is 166 Å². The molecule has 0 spiro atoms. The van der Waals surface area contributed by atoms with Gasteiger partial charge in [0.25, 0.3) is 6.47 Å². The number of likely N-dealkylation sites (tertiary alicyclic amines) is 6. The fourth-order valence-corrected chi connectivity index (χ4v) is 22.4. The summed E-state index contributed by atoms with van der Waals surface area (Å²) in [4.78, 5) is 87.2. The van der Waals surface area contributed by atoms with Gasteiger partial charge in [-0.3, -0.25) is 53.5 Å². The van der Waals surface area contributed by atoms with E-state index in [-0.39, 0.29) is 208 Å². The van der Waals surface area contributed by atoms with Gasteiger partial charge in [-0.2, -0.15) is 54.4 Å². The summed E-state index contributed by atoms with van der Waals surface area (Å²) in [5, 5.41) is 54.4. The number of benzene rings is 3. The van der Waals surface area contributed by atoms with E-state index in [1.165, 1.54) is 95.8 Å². The predicted molar refractivity (Wildman–Crippen MR) is 547 cm³/mol. The first-order valence-corrected chi connectivity index (χ1v) is 49.6. The maximum absolute atomic E-state index is 13.3. The fourth-order valence-electron chi connectivity index (χ4n) is 22.4.